The second-order valence-corrected chi connectivity index (χ2v) is 4.54. The first kappa shape index (κ1) is 12.5. The first-order chi connectivity index (χ1) is 7.22. The molecule has 0 aromatic rings. The van der Waals surface area contributed by atoms with Crippen molar-refractivity contribution in [2.75, 3.05) is 19.6 Å². The van der Waals surface area contributed by atoms with Crippen LogP contribution >= 0.6 is 0 Å². The molecule has 0 bridgehead atoms. The van der Waals surface area contributed by atoms with Crippen LogP contribution in [0.2, 0.25) is 0 Å². The number of carbonyl (C=O) groups is 1. The third kappa shape index (κ3) is 5.17. The lowest BCUT2D eigenvalue weighted by Crippen LogP contribution is -2.32. The van der Waals surface area contributed by atoms with Gasteiger partial charge in [0.15, 0.2) is 0 Å². The summed E-state index contributed by atoms with van der Waals surface area (Å²) in [5, 5.41) is 8.64. The fourth-order valence-corrected chi connectivity index (χ4v) is 2.37. The molecule has 0 unspecified atom stereocenters. The Morgan fingerprint density at radius 3 is 2.53 bits per heavy atom. The Morgan fingerprint density at radius 1 is 1.33 bits per heavy atom. The highest BCUT2D eigenvalue weighted by Gasteiger charge is 2.16. The van der Waals surface area contributed by atoms with Crippen molar-refractivity contribution < 1.29 is 9.90 Å². The average Bonchev–Trinajstić information content (AvgIpc) is 2.25. The molecule has 0 radical (unpaired) electrons. The number of aliphatic carboxylic acids is 1. The lowest BCUT2D eigenvalue weighted by molar-refractivity contribution is -0.137. The number of hydrogen-bond acceptors (Lipinski definition) is 2. The summed E-state index contributed by atoms with van der Waals surface area (Å²) in [4.78, 5) is 12.8. The van der Waals surface area contributed by atoms with Crippen LogP contribution in [0.3, 0.4) is 0 Å². The highest BCUT2D eigenvalue weighted by atomic mass is 16.4. The molecular formula is C12H23NO2. The molecule has 1 fully saturated rings. The predicted molar refractivity (Wildman–Crippen MR) is 60.9 cm³/mol. The zero-order chi connectivity index (χ0) is 11.1. The van der Waals surface area contributed by atoms with Gasteiger partial charge < -0.3 is 10.0 Å². The summed E-state index contributed by atoms with van der Waals surface area (Å²) in [6, 6.07) is 0. The SMILES string of the molecule is CCN(CCC(=O)O)CC1CCCCC1. The second kappa shape index (κ2) is 6.83. The van der Waals surface area contributed by atoms with Crippen LogP contribution in [-0.4, -0.2) is 35.6 Å². The third-order valence-electron chi connectivity index (χ3n) is 3.33. The van der Waals surface area contributed by atoms with Gasteiger partial charge in [0.2, 0.25) is 0 Å². The summed E-state index contributed by atoms with van der Waals surface area (Å²) in [5.41, 5.74) is 0. The van der Waals surface area contributed by atoms with Crippen LogP contribution in [-0.2, 0) is 4.79 Å². The predicted octanol–water partition coefficient (Wildman–Crippen LogP) is 2.36. The zero-order valence-corrected chi connectivity index (χ0v) is 9.74. The van der Waals surface area contributed by atoms with Crippen LogP contribution in [0.1, 0.15) is 45.4 Å². The molecule has 1 aliphatic carbocycles. The molecule has 0 aromatic carbocycles. The van der Waals surface area contributed by atoms with Crippen LogP contribution in [0.15, 0.2) is 0 Å². The van der Waals surface area contributed by atoms with Gasteiger partial charge in [-0.05, 0) is 25.3 Å². The van der Waals surface area contributed by atoms with Gasteiger partial charge in [0.05, 0.1) is 6.42 Å². The molecule has 1 saturated carbocycles. The standard InChI is InChI=1S/C12H23NO2/c1-2-13(9-8-12(14)15)10-11-6-4-3-5-7-11/h11H,2-10H2,1H3,(H,14,15). The molecule has 1 N–H and O–H groups in total. The number of hydrogen-bond donors (Lipinski definition) is 1. The van der Waals surface area contributed by atoms with Crippen LogP contribution < -0.4 is 0 Å². The maximum atomic E-state index is 10.5. The van der Waals surface area contributed by atoms with Crippen molar-refractivity contribution in [3.05, 3.63) is 0 Å². The highest BCUT2D eigenvalue weighted by molar-refractivity contribution is 5.66. The molecule has 15 heavy (non-hydrogen) atoms. The van der Waals surface area contributed by atoms with E-state index in [1.54, 1.807) is 0 Å². The van der Waals surface area contributed by atoms with Gasteiger partial charge in [0.1, 0.15) is 0 Å². The van der Waals surface area contributed by atoms with Crippen molar-refractivity contribution in [2.24, 2.45) is 5.92 Å². The molecule has 88 valence electrons. The van der Waals surface area contributed by atoms with E-state index < -0.39 is 5.97 Å². The molecule has 1 rings (SSSR count). The van der Waals surface area contributed by atoms with Crippen molar-refractivity contribution in [2.45, 2.75) is 45.4 Å². The number of nitrogens with zero attached hydrogens (tertiary/aromatic N) is 1. The number of rotatable bonds is 6. The highest BCUT2D eigenvalue weighted by Crippen LogP contribution is 2.24. The van der Waals surface area contributed by atoms with Crippen molar-refractivity contribution in [3.63, 3.8) is 0 Å². The van der Waals surface area contributed by atoms with Crippen molar-refractivity contribution in [3.8, 4) is 0 Å². The quantitative estimate of drug-likeness (QED) is 0.736. The average molecular weight is 213 g/mol. The van der Waals surface area contributed by atoms with Crippen LogP contribution in [0.25, 0.3) is 0 Å². The summed E-state index contributed by atoms with van der Waals surface area (Å²) in [6.07, 6.45) is 7.06. The summed E-state index contributed by atoms with van der Waals surface area (Å²) in [6.45, 7) is 4.90. The Kier molecular flexibility index (Phi) is 5.69. The van der Waals surface area contributed by atoms with Gasteiger partial charge in [-0.3, -0.25) is 4.79 Å². The van der Waals surface area contributed by atoms with E-state index in [9.17, 15) is 4.79 Å². The van der Waals surface area contributed by atoms with Crippen molar-refractivity contribution in [1.82, 2.24) is 4.90 Å². The van der Waals surface area contributed by atoms with E-state index >= 15 is 0 Å². The van der Waals surface area contributed by atoms with Gasteiger partial charge in [0.25, 0.3) is 0 Å². The third-order valence-corrected chi connectivity index (χ3v) is 3.33. The zero-order valence-electron chi connectivity index (χ0n) is 9.74. The Balaban J connectivity index is 2.22. The monoisotopic (exact) mass is 213 g/mol. The van der Waals surface area contributed by atoms with Gasteiger partial charge in [-0.25, -0.2) is 0 Å². The van der Waals surface area contributed by atoms with Crippen LogP contribution in [0, 0.1) is 5.92 Å². The van der Waals surface area contributed by atoms with Gasteiger partial charge in [-0.2, -0.15) is 0 Å². The van der Waals surface area contributed by atoms with E-state index in [-0.39, 0.29) is 6.42 Å². The molecule has 0 saturated heterocycles. The molecule has 0 atom stereocenters. The number of carboxylic acid groups (broad SMARTS) is 1. The molecular weight excluding hydrogens is 190 g/mol. The second-order valence-electron chi connectivity index (χ2n) is 4.54. The molecule has 0 heterocycles. The maximum absolute atomic E-state index is 10.5. The lowest BCUT2D eigenvalue weighted by atomic mass is 9.89. The minimum atomic E-state index is -0.683. The van der Waals surface area contributed by atoms with E-state index in [0.29, 0.717) is 6.54 Å². The van der Waals surface area contributed by atoms with Crippen LogP contribution in [0.4, 0.5) is 0 Å². The molecule has 0 aliphatic heterocycles. The number of carboxylic acids is 1. The first-order valence-electron chi connectivity index (χ1n) is 6.16. The molecule has 0 aromatic heterocycles. The molecule has 3 nitrogen and oxygen atoms in total. The van der Waals surface area contributed by atoms with E-state index in [1.165, 1.54) is 32.1 Å². The Bertz CT molecular complexity index is 188. The Morgan fingerprint density at radius 2 is 2.00 bits per heavy atom. The molecule has 0 amide bonds. The van der Waals surface area contributed by atoms with E-state index in [1.807, 2.05) is 0 Å². The Hall–Kier alpha value is -0.570. The first-order valence-corrected chi connectivity index (χ1v) is 6.16. The van der Waals surface area contributed by atoms with Crippen molar-refractivity contribution in [1.29, 1.82) is 0 Å². The summed E-state index contributed by atoms with van der Waals surface area (Å²) in [5.74, 6) is 0.129. The Labute approximate surface area is 92.5 Å². The smallest absolute Gasteiger partial charge is 0.304 e. The van der Waals surface area contributed by atoms with E-state index in [2.05, 4.69) is 11.8 Å². The summed E-state index contributed by atoms with van der Waals surface area (Å²) >= 11 is 0. The lowest BCUT2D eigenvalue weighted by Gasteiger charge is -2.28. The largest absolute Gasteiger partial charge is 0.481 e. The minimum Gasteiger partial charge on any atom is -0.481 e. The minimum absolute atomic E-state index is 0.278. The fourth-order valence-electron chi connectivity index (χ4n) is 2.37. The molecule has 3 heteroatoms. The van der Waals surface area contributed by atoms with E-state index in [0.717, 1.165) is 19.0 Å². The van der Waals surface area contributed by atoms with Crippen molar-refractivity contribution >= 4 is 5.97 Å². The molecule has 0 spiro atoms. The van der Waals surface area contributed by atoms with Gasteiger partial charge in [0, 0.05) is 13.1 Å². The maximum Gasteiger partial charge on any atom is 0.304 e. The van der Waals surface area contributed by atoms with Gasteiger partial charge in [-0.1, -0.05) is 26.2 Å². The molecule has 1 aliphatic rings. The normalized spacial score (nSPS) is 18.3. The summed E-state index contributed by atoms with van der Waals surface area (Å²) < 4.78 is 0. The topological polar surface area (TPSA) is 40.5 Å². The van der Waals surface area contributed by atoms with Gasteiger partial charge in [-0.15, -0.1) is 0 Å². The fraction of sp³-hybridized carbons (Fsp3) is 0.917. The van der Waals surface area contributed by atoms with E-state index in [4.69, 9.17) is 5.11 Å². The van der Waals surface area contributed by atoms with Gasteiger partial charge >= 0.3 is 5.97 Å². The van der Waals surface area contributed by atoms with Crippen LogP contribution in [0.5, 0.6) is 0 Å². The summed E-state index contributed by atoms with van der Waals surface area (Å²) in [7, 11) is 0.